The van der Waals surface area contributed by atoms with Crippen LogP contribution in [0.5, 0.6) is 0 Å². The van der Waals surface area contributed by atoms with Crippen LogP contribution in [-0.2, 0) is 0 Å². The molecular formula is C27H23F4N3. The van der Waals surface area contributed by atoms with Crippen LogP contribution in [0.2, 0.25) is 0 Å². The summed E-state index contributed by atoms with van der Waals surface area (Å²) in [6.07, 6.45) is 3.99. The lowest BCUT2D eigenvalue weighted by molar-refractivity contribution is 0.514. The number of allylic oxidation sites excluding steroid dienone is 5. The highest BCUT2D eigenvalue weighted by Gasteiger charge is 2.32. The highest BCUT2D eigenvalue weighted by molar-refractivity contribution is 6.17. The monoisotopic (exact) mass is 465 g/mol. The zero-order chi connectivity index (χ0) is 24.8. The van der Waals surface area contributed by atoms with Crippen LogP contribution >= 0.6 is 0 Å². The number of para-hydroxylation sites is 1. The van der Waals surface area contributed by atoms with Crippen molar-refractivity contribution in [2.45, 2.75) is 34.6 Å². The Morgan fingerprint density at radius 2 is 1.50 bits per heavy atom. The van der Waals surface area contributed by atoms with Gasteiger partial charge in [-0.1, -0.05) is 12.1 Å². The molecule has 34 heavy (non-hydrogen) atoms. The number of halogens is 4. The van der Waals surface area contributed by atoms with Crippen LogP contribution in [0.1, 0.15) is 40.2 Å². The minimum atomic E-state index is -0.898. The average molecular weight is 465 g/mol. The average Bonchev–Trinajstić information content (AvgIpc) is 3.12. The van der Waals surface area contributed by atoms with E-state index in [-0.39, 0.29) is 16.8 Å². The molecule has 0 radical (unpaired) electrons. The lowest BCUT2D eigenvalue weighted by Gasteiger charge is -2.30. The smallest absolute Gasteiger partial charge is 0.155 e. The minimum Gasteiger partial charge on any atom is -0.506 e. The Morgan fingerprint density at radius 3 is 2.03 bits per heavy atom. The number of hydrogen-bond donors (Lipinski definition) is 0. The molecule has 1 heterocycles. The summed E-state index contributed by atoms with van der Waals surface area (Å²) in [6, 6.07) is 6.75. The molecule has 0 N–H and O–H groups in total. The standard InChI is InChI=1S/C27H23F4N3/c1-15-12-17(27(3,4)5)13-16(2)18(15)14-23-25(24-19(28)8-6-9-20(24)29)32-33-34(23)26-21(30)10-7-11-22(26)31/h6-13H,1-5H3. The summed E-state index contributed by atoms with van der Waals surface area (Å²) < 4.78 is 58.7. The normalized spacial score (nSPS) is 16.2. The summed E-state index contributed by atoms with van der Waals surface area (Å²) in [5.74, 6) is -2.71. The Bertz CT molecular complexity index is 1280. The van der Waals surface area contributed by atoms with Crippen molar-refractivity contribution < 1.29 is 17.6 Å². The fourth-order valence-electron chi connectivity index (χ4n) is 3.85. The van der Waals surface area contributed by atoms with Gasteiger partial charge in [0.05, 0.1) is 22.8 Å². The number of hydrogen-bond acceptors (Lipinski definition) is 2. The van der Waals surface area contributed by atoms with E-state index in [2.05, 4.69) is 37.1 Å². The van der Waals surface area contributed by atoms with E-state index in [1.807, 2.05) is 26.0 Å². The molecule has 0 atom stereocenters. The minimum absolute atomic E-state index is 0.0669. The van der Waals surface area contributed by atoms with Gasteiger partial charge in [-0.15, -0.1) is 0 Å². The molecule has 0 unspecified atom stereocenters. The SMILES string of the molecule is CC1=CC(C(C)(C)C)=C[C+](C)C1=C=C1C(c2c(F)cccc2F)=N[N-]N1c1c(F)cccc1F. The first-order valence-electron chi connectivity index (χ1n) is 10.7. The van der Waals surface area contributed by atoms with E-state index >= 15 is 0 Å². The number of benzene rings is 2. The molecule has 0 saturated carbocycles. The lowest BCUT2D eigenvalue weighted by Crippen LogP contribution is -2.21. The molecule has 2 aromatic carbocycles. The number of nitrogens with zero attached hydrogens (tertiary/aromatic N) is 3. The van der Waals surface area contributed by atoms with Gasteiger partial charge in [0.2, 0.25) is 0 Å². The van der Waals surface area contributed by atoms with Crippen molar-refractivity contribution in [3.63, 3.8) is 0 Å². The van der Waals surface area contributed by atoms with E-state index in [1.165, 1.54) is 12.1 Å². The first kappa shape index (κ1) is 23.5. The summed E-state index contributed by atoms with van der Waals surface area (Å²) in [5.41, 5.74) is 8.20. The number of anilines is 1. The van der Waals surface area contributed by atoms with Crippen molar-refractivity contribution >= 4 is 11.4 Å². The molecule has 4 rings (SSSR count). The molecule has 0 bridgehead atoms. The van der Waals surface area contributed by atoms with Crippen LogP contribution in [0.15, 0.2) is 81.8 Å². The van der Waals surface area contributed by atoms with Crippen LogP contribution in [0.25, 0.3) is 5.53 Å². The Morgan fingerprint density at radius 1 is 0.941 bits per heavy atom. The molecule has 1 aliphatic heterocycles. The third-order valence-corrected chi connectivity index (χ3v) is 5.66. The fraction of sp³-hybridized carbons (Fsp3) is 0.222. The second-order valence-electron chi connectivity index (χ2n) is 9.23. The summed E-state index contributed by atoms with van der Waals surface area (Å²) in [5, 5.41) is 4.81. The van der Waals surface area contributed by atoms with Gasteiger partial charge in [-0.3, -0.25) is 0 Å². The summed E-state index contributed by atoms with van der Waals surface area (Å²) >= 11 is 0. The maximum absolute atomic E-state index is 14.7. The highest BCUT2D eigenvalue weighted by Crippen LogP contribution is 2.39. The summed E-state index contributed by atoms with van der Waals surface area (Å²) in [4.78, 5) is 0. The van der Waals surface area contributed by atoms with E-state index in [0.29, 0.717) is 5.57 Å². The van der Waals surface area contributed by atoms with E-state index in [9.17, 15) is 17.6 Å². The molecular weight excluding hydrogens is 442 g/mol. The van der Waals surface area contributed by atoms with Gasteiger partial charge in [0.25, 0.3) is 0 Å². The van der Waals surface area contributed by atoms with E-state index in [1.54, 1.807) is 0 Å². The Hall–Kier alpha value is -3.70. The van der Waals surface area contributed by atoms with Gasteiger partial charge in [0, 0.05) is 28.9 Å². The van der Waals surface area contributed by atoms with Gasteiger partial charge in [0.15, 0.2) is 11.3 Å². The maximum Gasteiger partial charge on any atom is 0.155 e. The van der Waals surface area contributed by atoms with Crippen LogP contribution in [0, 0.1) is 34.6 Å². The number of rotatable bonds is 2. The molecule has 0 spiro atoms. The first-order valence-corrected chi connectivity index (χ1v) is 10.7. The molecule has 7 heteroatoms. The van der Waals surface area contributed by atoms with E-state index in [0.717, 1.165) is 46.3 Å². The van der Waals surface area contributed by atoms with Crippen molar-refractivity contribution in [2.75, 3.05) is 5.01 Å². The van der Waals surface area contributed by atoms with Crippen LogP contribution in [0.4, 0.5) is 23.2 Å². The third kappa shape index (κ3) is 4.15. The second kappa shape index (κ2) is 8.58. The molecule has 1 aliphatic carbocycles. The van der Waals surface area contributed by atoms with Gasteiger partial charge >= 0.3 is 0 Å². The first-order chi connectivity index (χ1) is 16.0. The predicted octanol–water partition coefficient (Wildman–Crippen LogP) is 7.69. The van der Waals surface area contributed by atoms with Crippen LogP contribution in [0.3, 0.4) is 0 Å². The van der Waals surface area contributed by atoms with Crippen molar-refractivity contribution in [3.8, 4) is 0 Å². The van der Waals surface area contributed by atoms with Crippen molar-refractivity contribution in [3.05, 3.63) is 117 Å². The summed E-state index contributed by atoms with van der Waals surface area (Å²) in [6.45, 7) is 10.0. The Labute approximate surface area is 196 Å². The molecule has 174 valence electrons. The molecule has 0 saturated heterocycles. The van der Waals surface area contributed by atoms with Gasteiger partial charge in [-0.05, 0) is 58.9 Å². The lowest BCUT2D eigenvalue weighted by atomic mass is 9.77. The van der Waals surface area contributed by atoms with Crippen LogP contribution < -0.4 is 5.01 Å². The predicted molar refractivity (Wildman–Crippen MR) is 126 cm³/mol. The molecule has 0 amide bonds. The van der Waals surface area contributed by atoms with Crippen molar-refractivity contribution in [2.24, 2.45) is 10.5 Å². The quantitative estimate of drug-likeness (QED) is 0.254. The highest BCUT2D eigenvalue weighted by atomic mass is 19.1. The van der Waals surface area contributed by atoms with Gasteiger partial charge in [-0.2, -0.15) is 0 Å². The molecule has 3 nitrogen and oxygen atoms in total. The van der Waals surface area contributed by atoms with Gasteiger partial charge in [0.1, 0.15) is 29.0 Å². The Kier molecular flexibility index (Phi) is 5.92. The molecule has 2 aromatic rings. The van der Waals surface area contributed by atoms with Gasteiger partial charge in [-0.25, -0.2) is 17.6 Å². The van der Waals surface area contributed by atoms with E-state index in [4.69, 9.17) is 0 Å². The topological polar surface area (TPSA) is 29.7 Å². The van der Waals surface area contributed by atoms with Crippen molar-refractivity contribution in [1.82, 2.24) is 0 Å². The molecule has 2 aliphatic rings. The van der Waals surface area contributed by atoms with Crippen LogP contribution in [-0.4, -0.2) is 5.71 Å². The van der Waals surface area contributed by atoms with Crippen molar-refractivity contribution in [1.29, 1.82) is 0 Å². The fourth-order valence-corrected chi connectivity index (χ4v) is 3.85. The second-order valence-corrected chi connectivity index (χ2v) is 9.23. The Balaban J connectivity index is 1.97. The van der Waals surface area contributed by atoms with E-state index < -0.39 is 34.5 Å². The molecule has 0 aromatic heterocycles. The third-order valence-electron chi connectivity index (χ3n) is 5.66. The summed E-state index contributed by atoms with van der Waals surface area (Å²) in [7, 11) is 0. The zero-order valence-electron chi connectivity index (χ0n) is 19.5. The van der Waals surface area contributed by atoms with Gasteiger partial charge < -0.3 is 15.6 Å². The zero-order valence-corrected chi connectivity index (χ0v) is 19.5. The largest absolute Gasteiger partial charge is 0.506 e. The maximum atomic E-state index is 14.7. The molecule has 0 fully saturated rings.